The molecule has 1 aromatic heterocycles. The first kappa shape index (κ1) is 21.5. The molecule has 1 fully saturated rings. The molecule has 2 N–H and O–H groups in total. The molecule has 33 heavy (non-hydrogen) atoms. The van der Waals surface area contributed by atoms with Gasteiger partial charge in [-0.25, -0.2) is 0 Å². The number of hydrogen-bond acceptors (Lipinski definition) is 5. The van der Waals surface area contributed by atoms with Crippen molar-refractivity contribution in [1.82, 2.24) is 10.2 Å². The summed E-state index contributed by atoms with van der Waals surface area (Å²) in [5.74, 6) is -0.192. The minimum atomic E-state index is -0.780. The molecule has 2 aliphatic heterocycles. The van der Waals surface area contributed by atoms with Crippen molar-refractivity contribution in [3.05, 3.63) is 69.4 Å². The summed E-state index contributed by atoms with van der Waals surface area (Å²) in [5.41, 5.74) is 2.31. The molecule has 0 spiro atoms. The van der Waals surface area contributed by atoms with Gasteiger partial charge in [0.05, 0.1) is 29.3 Å². The van der Waals surface area contributed by atoms with Gasteiger partial charge < -0.3 is 20.3 Å². The van der Waals surface area contributed by atoms with Crippen molar-refractivity contribution < 1.29 is 19.1 Å². The highest BCUT2D eigenvalue weighted by Crippen LogP contribution is 2.36. The number of carbonyl (C=O) groups is 3. The SMILES string of the molecule is COc1ccc(Cl)cc1-c1ccc2c(c1)C(=O)N1CCC(NC(=O)c3cccs3)C1C(=O)N2. The van der Waals surface area contributed by atoms with Crippen molar-refractivity contribution in [3.8, 4) is 16.9 Å². The van der Waals surface area contributed by atoms with Crippen LogP contribution >= 0.6 is 22.9 Å². The summed E-state index contributed by atoms with van der Waals surface area (Å²) >= 11 is 7.52. The highest BCUT2D eigenvalue weighted by atomic mass is 35.5. The first-order valence-electron chi connectivity index (χ1n) is 10.4. The van der Waals surface area contributed by atoms with Crippen LogP contribution in [0.4, 0.5) is 5.69 Å². The van der Waals surface area contributed by atoms with Crippen LogP contribution in [0.2, 0.25) is 5.02 Å². The molecule has 3 heterocycles. The van der Waals surface area contributed by atoms with Crippen molar-refractivity contribution >= 4 is 46.3 Å². The first-order valence-corrected chi connectivity index (χ1v) is 11.7. The lowest BCUT2D eigenvalue weighted by atomic mass is 10.0. The predicted octanol–water partition coefficient (Wildman–Crippen LogP) is 4.04. The van der Waals surface area contributed by atoms with E-state index in [1.54, 1.807) is 54.5 Å². The average Bonchev–Trinajstić information content (AvgIpc) is 3.47. The lowest BCUT2D eigenvalue weighted by Crippen LogP contribution is -2.51. The topological polar surface area (TPSA) is 87.7 Å². The van der Waals surface area contributed by atoms with Crippen LogP contribution in [-0.2, 0) is 4.79 Å². The number of amides is 3. The number of hydrogen-bond donors (Lipinski definition) is 2. The van der Waals surface area contributed by atoms with E-state index >= 15 is 0 Å². The number of nitrogens with zero attached hydrogens (tertiary/aromatic N) is 1. The van der Waals surface area contributed by atoms with Gasteiger partial charge in [0, 0.05) is 17.1 Å². The second kappa shape index (κ2) is 8.53. The zero-order valence-corrected chi connectivity index (χ0v) is 19.2. The van der Waals surface area contributed by atoms with Gasteiger partial charge in [-0.1, -0.05) is 23.7 Å². The standard InChI is InChI=1S/C24H20ClN3O4S/c1-32-19-7-5-14(25)12-15(19)13-4-6-17-16(11-13)24(31)28-9-8-18(21(28)23(30)26-17)27-22(29)20-3-2-10-33-20/h2-7,10-12,18,21H,8-9H2,1H3,(H,26,30)(H,27,29). The molecule has 9 heteroatoms. The normalized spacial score (nSPS) is 19.4. The van der Waals surface area contributed by atoms with Crippen LogP contribution < -0.4 is 15.4 Å². The Hall–Kier alpha value is -3.36. The fourth-order valence-electron chi connectivity index (χ4n) is 4.41. The third-order valence-electron chi connectivity index (χ3n) is 5.97. The van der Waals surface area contributed by atoms with Crippen LogP contribution in [0.3, 0.4) is 0 Å². The average molecular weight is 482 g/mol. The van der Waals surface area contributed by atoms with E-state index in [4.69, 9.17) is 16.3 Å². The molecule has 3 amide bonds. The molecule has 3 aromatic rings. The Labute approximate surface area is 199 Å². The van der Waals surface area contributed by atoms with Gasteiger partial charge in [-0.05, 0) is 53.8 Å². The molecule has 2 unspecified atom stereocenters. The molecular formula is C24H20ClN3O4S. The lowest BCUT2D eigenvalue weighted by molar-refractivity contribution is -0.120. The zero-order valence-electron chi connectivity index (χ0n) is 17.6. The number of benzene rings is 2. The number of nitrogens with one attached hydrogen (secondary N) is 2. The third-order valence-corrected chi connectivity index (χ3v) is 7.07. The molecule has 0 bridgehead atoms. The zero-order chi connectivity index (χ0) is 23.1. The van der Waals surface area contributed by atoms with Gasteiger partial charge in [0.25, 0.3) is 11.8 Å². The number of ether oxygens (including phenoxy) is 1. The Morgan fingerprint density at radius 3 is 2.79 bits per heavy atom. The number of thiophene rings is 1. The fraction of sp³-hybridized carbons (Fsp3) is 0.208. The quantitative estimate of drug-likeness (QED) is 0.588. The molecule has 2 aliphatic rings. The Bertz CT molecular complexity index is 1260. The van der Waals surface area contributed by atoms with Gasteiger partial charge in [-0.2, -0.15) is 0 Å². The van der Waals surface area contributed by atoms with Crippen LogP contribution in [0, 0.1) is 0 Å². The molecule has 168 valence electrons. The predicted molar refractivity (Wildman–Crippen MR) is 127 cm³/mol. The van der Waals surface area contributed by atoms with E-state index in [-0.39, 0.29) is 17.7 Å². The summed E-state index contributed by atoms with van der Waals surface area (Å²) in [7, 11) is 1.57. The molecule has 2 aromatic carbocycles. The van der Waals surface area contributed by atoms with E-state index < -0.39 is 12.1 Å². The van der Waals surface area contributed by atoms with Gasteiger partial charge >= 0.3 is 0 Å². The fourth-order valence-corrected chi connectivity index (χ4v) is 5.21. The minimum absolute atomic E-state index is 0.241. The van der Waals surface area contributed by atoms with Gasteiger partial charge in [0.2, 0.25) is 5.91 Å². The lowest BCUT2D eigenvalue weighted by Gasteiger charge is -2.24. The Morgan fingerprint density at radius 2 is 2.03 bits per heavy atom. The van der Waals surface area contributed by atoms with E-state index in [2.05, 4.69) is 10.6 Å². The van der Waals surface area contributed by atoms with Gasteiger partial charge in [0.1, 0.15) is 11.8 Å². The van der Waals surface area contributed by atoms with Crippen molar-refractivity contribution in [2.45, 2.75) is 18.5 Å². The van der Waals surface area contributed by atoms with Crippen LogP contribution in [0.1, 0.15) is 26.5 Å². The number of fused-ring (bicyclic) bond motifs is 2. The first-order chi connectivity index (χ1) is 16.0. The molecule has 1 saturated heterocycles. The summed E-state index contributed by atoms with van der Waals surface area (Å²) in [6.07, 6.45) is 0.498. The van der Waals surface area contributed by atoms with Gasteiger partial charge in [0.15, 0.2) is 0 Å². The summed E-state index contributed by atoms with van der Waals surface area (Å²) in [6.45, 7) is 0.371. The number of rotatable bonds is 4. The Morgan fingerprint density at radius 1 is 1.18 bits per heavy atom. The monoisotopic (exact) mass is 481 g/mol. The maximum atomic E-state index is 13.5. The number of carbonyl (C=O) groups excluding carboxylic acids is 3. The Kier molecular flexibility index (Phi) is 5.55. The summed E-state index contributed by atoms with van der Waals surface area (Å²) in [4.78, 5) is 41.3. The second-order valence-electron chi connectivity index (χ2n) is 7.88. The summed E-state index contributed by atoms with van der Waals surface area (Å²) < 4.78 is 5.46. The maximum absolute atomic E-state index is 13.5. The molecular weight excluding hydrogens is 462 g/mol. The van der Waals surface area contributed by atoms with E-state index in [1.165, 1.54) is 11.3 Å². The van der Waals surface area contributed by atoms with Crippen molar-refractivity contribution in [3.63, 3.8) is 0 Å². The van der Waals surface area contributed by atoms with Crippen LogP contribution in [0.5, 0.6) is 5.75 Å². The van der Waals surface area contributed by atoms with Crippen LogP contribution in [0.15, 0.2) is 53.9 Å². The molecule has 2 atom stereocenters. The smallest absolute Gasteiger partial charge is 0.261 e. The largest absolute Gasteiger partial charge is 0.496 e. The molecule has 5 rings (SSSR count). The molecule has 0 aliphatic carbocycles. The van der Waals surface area contributed by atoms with Crippen molar-refractivity contribution in [1.29, 1.82) is 0 Å². The van der Waals surface area contributed by atoms with Crippen molar-refractivity contribution in [2.24, 2.45) is 0 Å². The Balaban J connectivity index is 1.47. The summed E-state index contributed by atoms with van der Waals surface area (Å²) in [5, 5.41) is 8.17. The summed E-state index contributed by atoms with van der Waals surface area (Å²) in [6, 6.07) is 12.8. The minimum Gasteiger partial charge on any atom is -0.496 e. The highest BCUT2D eigenvalue weighted by molar-refractivity contribution is 7.12. The number of halogens is 1. The number of anilines is 1. The van der Waals surface area contributed by atoms with E-state index in [0.29, 0.717) is 39.9 Å². The van der Waals surface area contributed by atoms with Crippen molar-refractivity contribution in [2.75, 3.05) is 19.0 Å². The van der Waals surface area contributed by atoms with Crippen LogP contribution in [0.25, 0.3) is 11.1 Å². The maximum Gasteiger partial charge on any atom is 0.261 e. The highest BCUT2D eigenvalue weighted by Gasteiger charge is 2.45. The molecule has 7 nitrogen and oxygen atoms in total. The third kappa shape index (κ3) is 3.85. The van der Waals surface area contributed by atoms with E-state index in [1.807, 2.05) is 11.4 Å². The van der Waals surface area contributed by atoms with Crippen LogP contribution in [-0.4, -0.2) is 48.4 Å². The van der Waals surface area contributed by atoms with Gasteiger partial charge in [-0.15, -0.1) is 11.3 Å². The second-order valence-corrected chi connectivity index (χ2v) is 9.27. The molecule has 0 radical (unpaired) electrons. The number of methoxy groups -OCH3 is 1. The van der Waals surface area contributed by atoms with E-state index in [0.717, 1.165) is 11.1 Å². The van der Waals surface area contributed by atoms with E-state index in [9.17, 15) is 14.4 Å². The molecule has 0 saturated carbocycles. The van der Waals surface area contributed by atoms with Gasteiger partial charge in [-0.3, -0.25) is 14.4 Å².